The molecule has 4 N–H and O–H groups in total. The highest BCUT2D eigenvalue weighted by Crippen LogP contribution is 2.35. The number of fused-ring (bicyclic) bond motifs is 1. The van der Waals surface area contributed by atoms with Gasteiger partial charge >= 0.3 is 0 Å². The Kier molecular flexibility index (Phi) is 8.46. The molecule has 10 nitrogen and oxygen atoms in total. The Hall–Kier alpha value is -3.76. The number of aromatic nitrogens is 2. The lowest BCUT2D eigenvalue weighted by Gasteiger charge is -2.37. The van der Waals surface area contributed by atoms with E-state index in [0.29, 0.717) is 43.1 Å². The monoisotopic (exact) mass is 544 g/mol. The van der Waals surface area contributed by atoms with Crippen molar-refractivity contribution in [2.45, 2.75) is 50.8 Å². The minimum Gasteiger partial charge on any atom is -0.384 e. The average molecular weight is 545 g/mol. The lowest BCUT2D eigenvalue weighted by atomic mass is 9.76. The zero-order valence-corrected chi connectivity index (χ0v) is 23.5. The van der Waals surface area contributed by atoms with Crippen LogP contribution in [0.1, 0.15) is 49.4 Å². The van der Waals surface area contributed by atoms with Gasteiger partial charge in [0, 0.05) is 56.7 Å². The second-order valence-corrected chi connectivity index (χ2v) is 10.8. The number of aliphatic imine (C=N–C) groups is 1. The van der Waals surface area contributed by atoms with Gasteiger partial charge in [0.2, 0.25) is 5.95 Å². The lowest BCUT2D eigenvalue weighted by Crippen LogP contribution is -2.44. The fourth-order valence-corrected chi connectivity index (χ4v) is 5.49. The minimum atomic E-state index is -0.913. The summed E-state index contributed by atoms with van der Waals surface area (Å²) in [5, 5.41) is 20.6. The van der Waals surface area contributed by atoms with Crippen LogP contribution in [0.3, 0.4) is 0 Å². The molecule has 5 rings (SSSR count). The standard InChI is InChI=1S/C30H40N8O2/c1-4-15-31-28(39)24-20-32-29(33-22-9-11-23(12-10-22)38-18-16-37(3)17-19-38)36-27(24)35-25-13-8-21-7-6-14-30(40,5-2)26(21)34-25/h4,8-12,20,25,40H,1,5-7,13-19H2,2-3H3,(H,31,39)(H2,32,33,35,36). The maximum absolute atomic E-state index is 12.9. The predicted octanol–water partition coefficient (Wildman–Crippen LogP) is 3.72. The van der Waals surface area contributed by atoms with E-state index in [1.807, 2.05) is 19.1 Å². The van der Waals surface area contributed by atoms with Crippen molar-refractivity contribution in [2.24, 2.45) is 4.99 Å². The van der Waals surface area contributed by atoms with Gasteiger partial charge in [0.05, 0.1) is 5.71 Å². The number of carbonyl (C=O) groups is 1. The Morgan fingerprint density at radius 1 is 1.23 bits per heavy atom. The molecule has 1 saturated heterocycles. The van der Waals surface area contributed by atoms with Crippen LogP contribution in [0.5, 0.6) is 0 Å². The third-order valence-electron chi connectivity index (χ3n) is 7.97. The first-order chi connectivity index (χ1) is 19.4. The summed E-state index contributed by atoms with van der Waals surface area (Å²) in [6.45, 7) is 10.1. The normalized spacial score (nSPS) is 23.0. The highest BCUT2D eigenvalue weighted by atomic mass is 16.3. The summed E-state index contributed by atoms with van der Waals surface area (Å²) in [5.74, 6) is 0.459. The Morgan fingerprint density at radius 3 is 2.73 bits per heavy atom. The number of nitrogens with one attached hydrogen (secondary N) is 3. The SMILES string of the molecule is C=CCNC(=O)c1cnc(Nc2ccc(N3CCN(C)CC3)cc2)nc1NC1CC=C2CCCC(O)(CC)C2=N1. The van der Waals surface area contributed by atoms with Gasteiger partial charge in [-0.1, -0.05) is 19.1 Å². The minimum absolute atomic E-state index is 0.298. The molecule has 2 aliphatic heterocycles. The van der Waals surface area contributed by atoms with E-state index in [1.54, 1.807) is 6.08 Å². The molecule has 1 aliphatic carbocycles. The average Bonchev–Trinajstić information content (AvgIpc) is 2.97. The first kappa shape index (κ1) is 27.8. The quantitative estimate of drug-likeness (QED) is 0.353. The summed E-state index contributed by atoms with van der Waals surface area (Å²) in [5.41, 5.74) is 3.34. The van der Waals surface area contributed by atoms with Gasteiger partial charge in [-0.3, -0.25) is 9.79 Å². The number of piperazine rings is 1. The molecule has 0 bridgehead atoms. The van der Waals surface area contributed by atoms with E-state index in [4.69, 9.17) is 4.99 Å². The molecule has 212 valence electrons. The van der Waals surface area contributed by atoms with Crippen molar-refractivity contribution < 1.29 is 9.90 Å². The van der Waals surface area contributed by atoms with E-state index in [1.165, 1.54) is 11.9 Å². The van der Waals surface area contributed by atoms with E-state index in [0.717, 1.165) is 56.0 Å². The number of dihydropyridines is 1. The Balaban J connectivity index is 1.36. The van der Waals surface area contributed by atoms with Crippen LogP contribution in [0.4, 0.5) is 23.1 Å². The molecule has 2 atom stereocenters. The molecule has 3 heterocycles. The number of nitrogens with zero attached hydrogens (tertiary/aromatic N) is 5. The summed E-state index contributed by atoms with van der Waals surface area (Å²) >= 11 is 0. The summed E-state index contributed by atoms with van der Waals surface area (Å²) < 4.78 is 0. The predicted molar refractivity (Wildman–Crippen MR) is 161 cm³/mol. The van der Waals surface area contributed by atoms with Gasteiger partial charge in [-0.15, -0.1) is 6.58 Å². The van der Waals surface area contributed by atoms with Crippen molar-refractivity contribution >= 4 is 34.8 Å². The van der Waals surface area contributed by atoms with Crippen molar-refractivity contribution in [3.05, 3.63) is 60.3 Å². The Morgan fingerprint density at radius 2 is 2.00 bits per heavy atom. The maximum atomic E-state index is 12.9. The molecule has 1 aromatic carbocycles. The molecule has 2 aromatic rings. The second-order valence-electron chi connectivity index (χ2n) is 10.8. The van der Waals surface area contributed by atoms with Crippen LogP contribution in [0.25, 0.3) is 0 Å². The molecule has 0 radical (unpaired) electrons. The molecule has 3 aliphatic rings. The van der Waals surface area contributed by atoms with E-state index in [9.17, 15) is 9.90 Å². The molecule has 40 heavy (non-hydrogen) atoms. The van der Waals surface area contributed by atoms with E-state index in [2.05, 4.69) is 67.6 Å². The van der Waals surface area contributed by atoms with Crippen molar-refractivity contribution in [1.29, 1.82) is 0 Å². The largest absolute Gasteiger partial charge is 0.384 e. The molecular formula is C30H40N8O2. The second kappa shape index (κ2) is 12.2. The van der Waals surface area contributed by atoms with Crippen LogP contribution in [-0.4, -0.2) is 83.1 Å². The van der Waals surface area contributed by atoms with Gasteiger partial charge in [0.15, 0.2) is 0 Å². The fraction of sp³-hybridized carbons (Fsp3) is 0.467. The van der Waals surface area contributed by atoms with Crippen molar-refractivity contribution in [1.82, 2.24) is 20.2 Å². The van der Waals surface area contributed by atoms with Crippen LogP contribution >= 0.6 is 0 Å². The van der Waals surface area contributed by atoms with Crippen LogP contribution in [0.15, 0.2) is 59.8 Å². The van der Waals surface area contributed by atoms with Crippen LogP contribution < -0.4 is 20.9 Å². The number of aliphatic hydroxyl groups is 1. The van der Waals surface area contributed by atoms with Crippen molar-refractivity contribution in [3.8, 4) is 0 Å². The molecular weight excluding hydrogens is 504 g/mol. The van der Waals surface area contributed by atoms with Gasteiger partial charge in [-0.25, -0.2) is 4.98 Å². The molecule has 2 fully saturated rings. The number of amides is 1. The van der Waals surface area contributed by atoms with Crippen LogP contribution in [-0.2, 0) is 0 Å². The zero-order chi connectivity index (χ0) is 28.1. The number of anilines is 4. The van der Waals surface area contributed by atoms with Crippen molar-refractivity contribution in [2.75, 3.05) is 55.3 Å². The Labute approximate surface area is 236 Å². The topological polar surface area (TPSA) is 118 Å². The summed E-state index contributed by atoms with van der Waals surface area (Å²) in [6.07, 6.45) is 8.79. The Bertz CT molecular complexity index is 1280. The first-order valence-corrected chi connectivity index (χ1v) is 14.2. The maximum Gasteiger partial charge on any atom is 0.256 e. The highest BCUT2D eigenvalue weighted by Gasteiger charge is 2.38. The van der Waals surface area contributed by atoms with E-state index >= 15 is 0 Å². The molecule has 0 spiro atoms. The summed E-state index contributed by atoms with van der Waals surface area (Å²) in [4.78, 5) is 31.7. The van der Waals surface area contributed by atoms with Gasteiger partial charge in [-0.05, 0) is 62.6 Å². The summed E-state index contributed by atoms with van der Waals surface area (Å²) in [7, 11) is 2.15. The first-order valence-electron chi connectivity index (χ1n) is 14.2. The number of rotatable bonds is 9. The zero-order valence-electron chi connectivity index (χ0n) is 23.5. The van der Waals surface area contributed by atoms with Gasteiger partial charge in [0.25, 0.3) is 5.91 Å². The number of hydrogen-bond donors (Lipinski definition) is 4. The van der Waals surface area contributed by atoms with Gasteiger partial charge < -0.3 is 30.9 Å². The van der Waals surface area contributed by atoms with Gasteiger partial charge in [-0.2, -0.15) is 4.98 Å². The molecule has 1 amide bonds. The fourth-order valence-electron chi connectivity index (χ4n) is 5.49. The molecule has 1 aromatic heterocycles. The van der Waals surface area contributed by atoms with Crippen LogP contribution in [0, 0.1) is 0 Å². The molecule has 1 saturated carbocycles. The summed E-state index contributed by atoms with van der Waals surface area (Å²) in [6, 6.07) is 8.24. The number of carbonyl (C=O) groups excluding carboxylic acids is 1. The number of benzene rings is 1. The van der Waals surface area contributed by atoms with E-state index in [-0.39, 0.29) is 12.1 Å². The van der Waals surface area contributed by atoms with E-state index < -0.39 is 5.60 Å². The molecule has 2 unspecified atom stereocenters. The third-order valence-corrected chi connectivity index (χ3v) is 7.97. The number of likely N-dealkylation sites (N-methyl/N-ethyl adjacent to an activating group) is 1. The third kappa shape index (κ3) is 6.18. The van der Waals surface area contributed by atoms with Crippen LogP contribution in [0.2, 0.25) is 0 Å². The highest BCUT2D eigenvalue weighted by molar-refractivity contribution is 6.07. The lowest BCUT2D eigenvalue weighted by molar-refractivity contribution is 0.0899. The number of hydrogen-bond acceptors (Lipinski definition) is 9. The smallest absolute Gasteiger partial charge is 0.256 e. The van der Waals surface area contributed by atoms with Crippen molar-refractivity contribution in [3.63, 3.8) is 0 Å². The van der Waals surface area contributed by atoms with Gasteiger partial charge in [0.1, 0.15) is 23.1 Å². The molecule has 10 heteroatoms.